The molecule has 0 aromatic carbocycles. The van der Waals surface area contributed by atoms with Gasteiger partial charge < -0.3 is 30.8 Å². The number of nitrogen functional groups attached to an aromatic ring is 1. The summed E-state index contributed by atoms with van der Waals surface area (Å²) in [6, 6.07) is 0. The van der Waals surface area contributed by atoms with Crippen molar-refractivity contribution in [2.45, 2.75) is 24.4 Å². The number of nitrogens with two attached hydrogens (primary N) is 1. The first-order valence-electron chi connectivity index (χ1n) is 5.89. The molecule has 10 heteroatoms. The second kappa shape index (κ2) is 4.75. The summed E-state index contributed by atoms with van der Waals surface area (Å²) in [6.45, 7) is -0.402. The van der Waals surface area contributed by atoms with Crippen molar-refractivity contribution in [1.82, 2.24) is 20.2 Å². The number of hydrogen-bond donors (Lipinski definition) is 6. The summed E-state index contributed by atoms with van der Waals surface area (Å²) in [4.78, 5) is 6.66. The lowest BCUT2D eigenvalue weighted by Gasteiger charge is -2.13. The summed E-state index contributed by atoms with van der Waals surface area (Å²) in [7, 11) is 0. The number of nitrogens with one attached hydrogen (secondary N) is 2. The van der Waals surface area contributed by atoms with Crippen LogP contribution < -0.4 is 5.73 Å². The lowest BCUT2D eigenvalue weighted by molar-refractivity contribution is -0.0236. The van der Waals surface area contributed by atoms with Gasteiger partial charge in [0.15, 0.2) is 10.6 Å². The lowest BCUT2D eigenvalue weighted by atomic mass is 10.1. The highest BCUT2D eigenvalue weighted by molar-refractivity contribution is 7.71. The molecular formula is C10H13N5O4S. The van der Waals surface area contributed by atoms with Gasteiger partial charge in [-0.05, 0) is 0 Å². The zero-order valence-corrected chi connectivity index (χ0v) is 11.0. The molecule has 0 amide bonds. The normalized spacial score (nSPS) is 30.1. The van der Waals surface area contributed by atoms with E-state index in [2.05, 4.69) is 20.2 Å². The molecule has 9 nitrogen and oxygen atoms in total. The monoisotopic (exact) mass is 299 g/mol. The summed E-state index contributed by atoms with van der Waals surface area (Å²) in [5.74, 6) is 0.108. The van der Waals surface area contributed by atoms with E-state index in [0.717, 1.165) is 0 Å². The molecule has 20 heavy (non-hydrogen) atoms. The van der Waals surface area contributed by atoms with Crippen molar-refractivity contribution in [1.29, 1.82) is 0 Å². The molecule has 0 aliphatic carbocycles. The van der Waals surface area contributed by atoms with Gasteiger partial charge in [-0.1, -0.05) is 12.2 Å². The van der Waals surface area contributed by atoms with Crippen molar-refractivity contribution in [2.75, 3.05) is 12.3 Å². The molecule has 4 atom stereocenters. The van der Waals surface area contributed by atoms with E-state index in [1.54, 1.807) is 0 Å². The molecule has 1 fully saturated rings. The third-order valence-electron chi connectivity index (χ3n) is 3.30. The van der Waals surface area contributed by atoms with Gasteiger partial charge in [-0.3, -0.25) is 5.10 Å². The van der Waals surface area contributed by atoms with Gasteiger partial charge >= 0.3 is 0 Å². The highest BCUT2D eigenvalue weighted by Crippen LogP contribution is 2.35. The van der Waals surface area contributed by atoms with Gasteiger partial charge in [-0.15, -0.1) is 0 Å². The zero-order chi connectivity index (χ0) is 14.4. The smallest absolute Gasteiger partial charge is 0.199 e. The van der Waals surface area contributed by atoms with E-state index in [-0.39, 0.29) is 10.6 Å². The van der Waals surface area contributed by atoms with Crippen molar-refractivity contribution in [2.24, 2.45) is 0 Å². The molecule has 0 radical (unpaired) electrons. The quantitative estimate of drug-likeness (QED) is 0.376. The Morgan fingerprint density at radius 3 is 2.75 bits per heavy atom. The lowest BCUT2D eigenvalue weighted by Crippen LogP contribution is -2.32. The van der Waals surface area contributed by atoms with Gasteiger partial charge in [0, 0.05) is 0 Å². The molecule has 0 unspecified atom stereocenters. The fourth-order valence-electron chi connectivity index (χ4n) is 2.30. The van der Waals surface area contributed by atoms with Crippen molar-refractivity contribution >= 4 is 29.2 Å². The Kier molecular flexibility index (Phi) is 3.18. The predicted octanol–water partition coefficient (Wildman–Crippen LogP) is -1.25. The van der Waals surface area contributed by atoms with Crippen molar-refractivity contribution in [3.8, 4) is 0 Å². The predicted molar refractivity (Wildman–Crippen MR) is 70.2 cm³/mol. The van der Waals surface area contributed by atoms with Crippen LogP contribution in [0.2, 0.25) is 0 Å². The fourth-order valence-corrected chi connectivity index (χ4v) is 2.55. The van der Waals surface area contributed by atoms with Crippen LogP contribution in [0.25, 0.3) is 11.0 Å². The number of aromatic amines is 2. The molecule has 1 saturated heterocycles. The number of rotatable bonds is 2. The Labute approximate surface area is 117 Å². The number of aliphatic hydroxyl groups excluding tert-OH is 3. The maximum Gasteiger partial charge on any atom is 0.199 e. The average molecular weight is 299 g/mol. The highest BCUT2D eigenvalue weighted by atomic mass is 32.1. The number of aliphatic hydroxyl groups is 3. The number of fused-ring (bicyclic) bond motifs is 1. The molecule has 108 valence electrons. The fraction of sp³-hybridized carbons (Fsp3) is 0.500. The molecule has 3 rings (SSSR count). The summed E-state index contributed by atoms with van der Waals surface area (Å²) in [6.07, 6.45) is -4.13. The van der Waals surface area contributed by atoms with Gasteiger partial charge in [-0.25, -0.2) is 4.98 Å². The van der Waals surface area contributed by atoms with Crippen molar-refractivity contribution in [3.63, 3.8) is 0 Å². The Morgan fingerprint density at radius 1 is 1.35 bits per heavy atom. The van der Waals surface area contributed by atoms with Gasteiger partial charge in [0.05, 0.1) is 17.8 Å². The minimum absolute atomic E-state index is 0.108. The second-order valence-corrected chi connectivity index (χ2v) is 4.93. The third-order valence-corrected chi connectivity index (χ3v) is 3.58. The molecule has 0 saturated carbocycles. The summed E-state index contributed by atoms with van der Waals surface area (Å²) < 4.78 is 5.64. The summed E-state index contributed by atoms with van der Waals surface area (Å²) >= 11 is 5.04. The first-order chi connectivity index (χ1) is 9.52. The van der Waals surface area contributed by atoms with Crippen LogP contribution in [-0.2, 0) is 4.74 Å². The van der Waals surface area contributed by atoms with E-state index in [1.807, 2.05) is 0 Å². The van der Waals surface area contributed by atoms with Gasteiger partial charge in [0.2, 0.25) is 0 Å². The highest BCUT2D eigenvalue weighted by Gasteiger charge is 2.44. The standard InChI is InChI=1S/C10H13N5O4S/c11-10-12-3-4(14-15-5(3)9(20)13-10)8-7(18)6(17)2(1-16)19-8/h2,6-8,16-18H,1H2,(H,14,15)(H3,11,12,13,20)/t2-,6-,7+,8+/m1/s1. The van der Waals surface area contributed by atoms with Crippen LogP contribution in [0.5, 0.6) is 0 Å². The zero-order valence-electron chi connectivity index (χ0n) is 10.1. The number of aromatic nitrogens is 4. The van der Waals surface area contributed by atoms with Crippen LogP contribution in [0.15, 0.2) is 0 Å². The van der Waals surface area contributed by atoms with Crippen LogP contribution in [-0.4, -0.2) is 60.4 Å². The largest absolute Gasteiger partial charge is 0.394 e. The molecule has 1 aliphatic rings. The van der Waals surface area contributed by atoms with E-state index in [9.17, 15) is 10.2 Å². The van der Waals surface area contributed by atoms with Gasteiger partial charge in [0.1, 0.15) is 29.9 Å². The average Bonchev–Trinajstić information content (AvgIpc) is 2.93. The van der Waals surface area contributed by atoms with Gasteiger partial charge in [-0.2, -0.15) is 5.10 Å². The van der Waals surface area contributed by atoms with Crippen LogP contribution in [0.4, 0.5) is 5.95 Å². The molecule has 0 bridgehead atoms. The molecule has 2 aromatic heterocycles. The second-order valence-electron chi connectivity index (χ2n) is 4.55. The number of hydrogen-bond acceptors (Lipinski definition) is 8. The molecule has 1 aliphatic heterocycles. The van der Waals surface area contributed by atoms with E-state index in [1.165, 1.54) is 0 Å². The van der Waals surface area contributed by atoms with Crippen molar-refractivity contribution in [3.05, 3.63) is 10.3 Å². The third kappa shape index (κ3) is 1.89. The first-order valence-corrected chi connectivity index (χ1v) is 6.30. The first kappa shape index (κ1) is 13.4. The molecule has 7 N–H and O–H groups in total. The van der Waals surface area contributed by atoms with E-state index >= 15 is 0 Å². The minimum Gasteiger partial charge on any atom is -0.394 e. The van der Waals surface area contributed by atoms with Crippen LogP contribution >= 0.6 is 12.2 Å². The number of nitrogens with zero attached hydrogens (tertiary/aromatic N) is 2. The van der Waals surface area contributed by atoms with Crippen molar-refractivity contribution < 1.29 is 20.1 Å². The van der Waals surface area contributed by atoms with E-state index < -0.39 is 31.0 Å². The number of ether oxygens (including phenoxy) is 1. The minimum atomic E-state index is -1.20. The topological polar surface area (TPSA) is 153 Å². The maximum atomic E-state index is 10.0. The molecular weight excluding hydrogens is 286 g/mol. The van der Waals surface area contributed by atoms with Crippen LogP contribution in [0.1, 0.15) is 11.8 Å². The number of H-pyrrole nitrogens is 2. The van der Waals surface area contributed by atoms with E-state index in [4.69, 9.17) is 27.8 Å². The Bertz CT molecular complexity index is 701. The van der Waals surface area contributed by atoms with E-state index in [0.29, 0.717) is 16.7 Å². The molecule has 0 spiro atoms. The summed E-state index contributed by atoms with van der Waals surface area (Å²) in [5.41, 5.74) is 6.84. The number of anilines is 1. The van der Waals surface area contributed by atoms with Gasteiger partial charge in [0.25, 0.3) is 0 Å². The van der Waals surface area contributed by atoms with Crippen LogP contribution in [0, 0.1) is 4.64 Å². The maximum absolute atomic E-state index is 10.0. The SMILES string of the molecule is Nc1nc(=S)c2n[nH]c([C@@H]3O[C@H](CO)[C@@H](O)[C@@H]3O)c2[nH]1. The Hall–Kier alpha value is -1.59. The molecule has 3 heterocycles. The molecule has 2 aromatic rings. The van der Waals surface area contributed by atoms with Crippen LogP contribution in [0.3, 0.4) is 0 Å². The Balaban J connectivity index is 2.09. The summed E-state index contributed by atoms with van der Waals surface area (Å²) in [5, 5.41) is 35.6. The Morgan fingerprint density at radius 2 is 2.10 bits per heavy atom.